The van der Waals surface area contributed by atoms with E-state index in [1.54, 1.807) is 12.1 Å². The standard InChI is InChI=1S/C27H30NO4S.C7H8O3S/c1-3-9-26(24(7-1)31-21-11-16-29-17-12-21)33(23-6-5-15-28-20-23)27-10-4-2-8-25(27)32-22-13-18-30-19-14-22;1-6-2-4-7(5-3-6)11(8,9)10/h1-10,15,20-22H,11-14,16-19H2;2-5H,1H3,(H,8,9,10)/q+1;/p-1. The molecular weight excluding hydrogens is 599 g/mol. The van der Waals surface area contributed by atoms with E-state index in [0.717, 1.165) is 83.9 Å². The van der Waals surface area contributed by atoms with Gasteiger partial charge in [0, 0.05) is 31.9 Å². The van der Waals surface area contributed by atoms with Crippen LogP contribution in [0.2, 0.25) is 0 Å². The number of hydrogen-bond donors (Lipinski definition) is 0. The molecular formula is C34H37NO7S2. The second kappa shape index (κ2) is 15.5. The average molecular weight is 636 g/mol. The molecule has 0 spiro atoms. The minimum Gasteiger partial charge on any atom is -0.744 e. The third-order valence-corrected chi connectivity index (χ3v) is 10.4. The van der Waals surface area contributed by atoms with Crippen LogP contribution in [0.5, 0.6) is 11.5 Å². The minimum atomic E-state index is -4.27. The van der Waals surface area contributed by atoms with Gasteiger partial charge in [0.05, 0.1) is 37.5 Å². The largest absolute Gasteiger partial charge is 0.744 e. The Bertz CT molecular complexity index is 1510. The molecule has 0 aliphatic carbocycles. The van der Waals surface area contributed by atoms with Crippen molar-refractivity contribution < 1.29 is 31.9 Å². The van der Waals surface area contributed by atoms with Crippen LogP contribution in [0.15, 0.2) is 117 Å². The lowest BCUT2D eigenvalue weighted by Gasteiger charge is -2.25. The molecule has 2 saturated heterocycles. The predicted molar refractivity (Wildman–Crippen MR) is 167 cm³/mol. The molecule has 3 heterocycles. The summed E-state index contributed by atoms with van der Waals surface area (Å²) in [5.41, 5.74) is 0.928. The van der Waals surface area contributed by atoms with Crippen LogP contribution in [0.1, 0.15) is 31.2 Å². The van der Waals surface area contributed by atoms with Crippen LogP contribution >= 0.6 is 0 Å². The summed E-state index contributed by atoms with van der Waals surface area (Å²) in [5, 5.41) is 0. The van der Waals surface area contributed by atoms with E-state index in [0.29, 0.717) is 0 Å². The first-order chi connectivity index (χ1) is 21.4. The SMILES string of the molecule is Cc1ccc(S(=O)(=O)[O-])cc1.c1cncc([S+](c2ccccc2OC2CCOCC2)c2ccccc2OC2CCOCC2)c1. The Kier molecular flexibility index (Phi) is 11.3. The van der Waals surface area contributed by atoms with Crippen LogP contribution < -0.4 is 9.47 Å². The van der Waals surface area contributed by atoms with Gasteiger partial charge >= 0.3 is 0 Å². The first-order valence-corrected chi connectivity index (χ1v) is 17.4. The van der Waals surface area contributed by atoms with E-state index in [1.165, 1.54) is 12.1 Å². The van der Waals surface area contributed by atoms with Crippen LogP contribution in [-0.2, 0) is 30.5 Å². The van der Waals surface area contributed by atoms with Crippen LogP contribution in [0.25, 0.3) is 0 Å². The molecule has 0 unspecified atom stereocenters. The van der Waals surface area contributed by atoms with Crippen LogP contribution in [0, 0.1) is 6.92 Å². The van der Waals surface area contributed by atoms with E-state index in [4.69, 9.17) is 18.9 Å². The highest BCUT2D eigenvalue weighted by molar-refractivity contribution is 7.97. The Hall–Kier alpha value is -3.41. The van der Waals surface area contributed by atoms with E-state index in [1.807, 2.05) is 37.5 Å². The maximum absolute atomic E-state index is 10.4. The van der Waals surface area contributed by atoms with Crippen molar-refractivity contribution in [1.82, 2.24) is 4.98 Å². The molecule has 232 valence electrons. The molecule has 0 radical (unpaired) electrons. The van der Waals surface area contributed by atoms with Crippen molar-refractivity contribution in [2.75, 3.05) is 26.4 Å². The summed E-state index contributed by atoms with van der Waals surface area (Å²) in [6, 6.07) is 26.7. The highest BCUT2D eigenvalue weighted by Crippen LogP contribution is 2.41. The number of aryl methyl sites for hydroxylation is 1. The summed E-state index contributed by atoms with van der Waals surface area (Å²) in [7, 11) is -4.69. The van der Waals surface area contributed by atoms with Gasteiger partial charge in [-0.05, 0) is 55.5 Å². The lowest BCUT2D eigenvalue weighted by Crippen LogP contribution is -2.27. The minimum absolute atomic E-state index is 0.174. The number of pyridine rings is 1. The van der Waals surface area contributed by atoms with Gasteiger partial charge in [-0.1, -0.05) is 42.0 Å². The summed E-state index contributed by atoms with van der Waals surface area (Å²) in [5.74, 6) is 1.86. The third kappa shape index (κ3) is 8.83. The number of hydrogen-bond acceptors (Lipinski definition) is 8. The van der Waals surface area contributed by atoms with Crippen molar-refractivity contribution in [2.24, 2.45) is 0 Å². The van der Waals surface area contributed by atoms with Gasteiger partial charge in [0.15, 0.2) is 16.4 Å². The lowest BCUT2D eigenvalue weighted by atomic mass is 10.1. The van der Waals surface area contributed by atoms with E-state index in [9.17, 15) is 13.0 Å². The second-order valence-corrected chi connectivity index (χ2v) is 13.9. The Morgan fingerprint density at radius 1 is 0.727 bits per heavy atom. The quantitative estimate of drug-likeness (QED) is 0.167. The van der Waals surface area contributed by atoms with Gasteiger partial charge in [0.25, 0.3) is 0 Å². The molecule has 3 aromatic carbocycles. The number of aromatic nitrogens is 1. The molecule has 0 atom stereocenters. The topological polar surface area (TPSA) is 107 Å². The first-order valence-electron chi connectivity index (χ1n) is 14.7. The first kappa shape index (κ1) is 32.0. The van der Waals surface area contributed by atoms with E-state index >= 15 is 0 Å². The molecule has 2 fully saturated rings. The maximum atomic E-state index is 10.4. The molecule has 4 aromatic rings. The summed E-state index contributed by atoms with van der Waals surface area (Å²) in [6.45, 7) is 4.83. The van der Waals surface area contributed by atoms with E-state index in [-0.39, 0.29) is 17.1 Å². The summed E-state index contributed by atoms with van der Waals surface area (Å²) < 4.78 is 55.3. The van der Waals surface area contributed by atoms with Crippen molar-refractivity contribution in [2.45, 2.75) is 64.4 Å². The molecule has 10 heteroatoms. The number of nitrogens with zero attached hydrogens (tertiary/aromatic N) is 1. The van der Waals surface area contributed by atoms with Crippen molar-refractivity contribution in [3.63, 3.8) is 0 Å². The van der Waals surface area contributed by atoms with Gasteiger partial charge in [-0.2, -0.15) is 0 Å². The van der Waals surface area contributed by atoms with Crippen molar-refractivity contribution in [3.05, 3.63) is 103 Å². The van der Waals surface area contributed by atoms with Crippen LogP contribution in [0.4, 0.5) is 0 Å². The highest BCUT2D eigenvalue weighted by Gasteiger charge is 2.36. The summed E-state index contributed by atoms with van der Waals surface area (Å²) in [4.78, 5) is 7.71. The molecule has 0 bridgehead atoms. The van der Waals surface area contributed by atoms with E-state index < -0.39 is 21.0 Å². The zero-order chi connectivity index (χ0) is 30.8. The smallest absolute Gasteiger partial charge is 0.208 e. The summed E-state index contributed by atoms with van der Waals surface area (Å²) >= 11 is 0. The lowest BCUT2D eigenvalue weighted by molar-refractivity contribution is 0.0244. The van der Waals surface area contributed by atoms with Gasteiger partial charge in [-0.25, -0.2) is 8.42 Å². The van der Waals surface area contributed by atoms with Gasteiger partial charge in [-0.3, -0.25) is 4.98 Å². The molecule has 8 nitrogen and oxygen atoms in total. The fourth-order valence-corrected chi connectivity index (χ4v) is 7.58. The molecule has 0 saturated carbocycles. The fourth-order valence-electron chi connectivity index (χ4n) is 4.92. The molecule has 0 N–H and O–H groups in total. The second-order valence-electron chi connectivity index (χ2n) is 10.5. The Labute approximate surface area is 262 Å². The molecule has 6 rings (SSSR count). The Morgan fingerprint density at radius 3 is 1.68 bits per heavy atom. The molecule has 2 aliphatic rings. The third-order valence-electron chi connectivity index (χ3n) is 7.24. The predicted octanol–water partition coefficient (Wildman–Crippen LogP) is 6.19. The monoisotopic (exact) mass is 635 g/mol. The number of ether oxygens (including phenoxy) is 4. The molecule has 1 aromatic heterocycles. The van der Waals surface area contributed by atoms with Gasteiger partial charge in [0.1, 0.15) is 33.2 Å². The van der Waals surface area contributed by atoms with E-state index in [2.05, 4.69) is 47.4 Å². The van der Waals surface area contributed by atoms with Crippen molar-refractivity contribution >= 4 is 21.0 Å². The van der Waals surface area contributed by atoms with Gasteiger partial charge in [0.2, 0.25) is 9.79 Å². The normalized spacial score (nSPS) is 16.2. The van der Waals surface area contributed by atoms with Gasteiger partial charge < -0.3 is 23.5 Å². The zero-order valence-corrected chi connectivity index (χ0v) is 26.3. The number of rotatable bonds is 8. The fraction of sp³-hybridized carbons (Fsp3) is 0.324. The zero-order valence-electron chi connectivity index (χ0n) is 24.7. The molecule has 44 heavy (non-hydrogen) atoms. The number of para-hydroxylation sites is 2. The highest BCUT2D eigenvalue weighted by atomic mass is 32.2. The Morgan fingerprint density at radius 2 is 1.23 bits per heavy atom. The van der Waals surface area contributed by atoms with Gasteiger partial charge in [-0.15, -0.1) is 0 Å². The van der Waals surface area contributed by atoms with Crippen LogP contribution in [0.3, 0.4) is 0 Å². The number of benzene rings is 3. The van der Waals surface area contributed by atoms with Crippen LogP contribution in [-0.4, -0.2) is 56.6 Å². The van der Waals surface area contributed by atoms with Crippen molar-refractivity contribution in [1.29, 1.82) is 0 Å². The summed E-state index contributed by atoms with van der Waals surface area (Å²) in [6.07, 6.45) is 7.79. The average Bonchev–Trinajstić information content (AvgIpc) is 3.04. The maximum Gasteiger partial charge on any atom is 0.208 e. The molecule has 0 amide bonds. The molecule has 2 aliphatic heterocycles. The Balaban J connectivity index is 0.000000296. The van der Waals surface area contributed by atoms with Crippen molar-refractivity contribution in [3.8, 4) is 11.5 Å².